The van der Waals surface area contributed by atoms with Crippen molar-refractivity contribution in [2.45, 2.75) is 6.92 Å². The van der Waals surface area contributed by atoms with E-state index in [1.807, 2.05) is 0 Å². The van der Waals surface area contributed by atoms with Crippen LogP contribution in [0.4, 0.5) is 0 Å². The molecule has 0 saturated carbocycles. The van der Waals surface area contributed by atoms with Gasteiger partial charge in [0, 0.05) is 5.02 Å². The number of carbonyl (C=O) groups is 1. The van der Waals surface area contributed by atoms with E-state index < -0.39 is 5.97 Å². The molecule has 0 aliphatic rings. The molecule has 0 aliphatic heterocycles. The van der Waals surface area contributed by atoms with Crippen LogP contribution in [0.25, 0.3) is 0 Å². The smallest absolute Gasteiger partial charge is 0.341 e. The lowest BCUT2D eigenvalue weighted by Crippen LogP contribution is -2.01. The van der Waals surface area contributed by atoms with Crippen molar-refractivity contribution in [2.75, 3.05) is 7.11 Å². The summed E-state index contributed by atoms with van der Waals surface area (Å²) < 4.78 is 4.47. The van der Waals surface area contributed by atoms with Crippen LogP contribution in [0.2, 0.25) is 5.02 Å². The number of benzene rings is 1. The standard InChI is InChI=1S/C9H9ClO3/c1-5-3-6(9(12)13-2)8(11)4-7(5)10/h3-4,11H,1-2H3. The molecular weight excluding hydrogens is 192 g/mol. The summed E-state index contributed by atoms with van der Waals surface area (Å²) in [7, 11) is 1.26. The molecule has 70 valence electrons. The van der Waals surface area contributed by atoms with Crippen LogP contribution in [-0.4, -0.2) is 18.2 Å². The molecule has 0 atom stereocenters. The van der Waals surface area contributed by atoms with Gasteiger partial charge in [0.15, 0.2) is 0 Å². The number of esters is 1. The van der Waals surface area contributed by atoms with Crippen LogP contribution in [0.5, 0.6) is 5.75 Å². The van der Waals surface area contributed by atoms with Crippen molar-refractivity contribution in [3.63, 3.8) is 0 Å². The van der Waals surface area contributed by atoms with E-state index in [2.05, 4.69) is 4.74 Å². The molecule has 13 heavy (non-hydrogen) atoms. The van der Waals surface area contributed by atoms with E-state index in [-0.39, 0.29) is 11.3 Å². The predicted octanol–water partition coefficient (Wildman–Crippen LogP) is 2.14. The third kappa shape index (κ3) is 1.92. The maximum Gasteiger partial charge on any atom is 0.341 e. The first kappa shape index (κ1) is 9.86. The fourth-order valence-corrected chi connectivity index (χ4v) is 1.10. The first-order valence-corrected chi connectivity index (χ1v) is 4.01. The van der Waals surface area contributed by atoms with Gasteiger partial charge in [-0.15, -0.1) is 0 Å². The van der Waals surface area contributed by atoms with Crippen molar-refractivity contribution in [3.8, 4) is 5.75 Å². The summed E-state index contributed by atoms with van der Waals surface area (Å²) in [5, 5.41) is 9.75. The average Bonchev–Trinajstić information content (AvgIpc) is 2.10. The number of rotatable bonds is 1. The monoisotopic (exact) mass is 200 g/mol. The molecular formula is C9H9ClO3. The third-order valence-corrected chi connectivity index (χ3v) is 2.09. The fourth-order valence-electron chi connectivity index (χ4n) is 0.944. The van der Waals surface area contributed by atoms with E-state index in [9.17, 15) is 9.90 Å². The van der Waals surface area contributed by atoms with Crippen molar-refractivity contribution in [2.24, 2.45) is 0 Å². The number of ether oxygens (including phenoxy) is 1. The highest BCUT2D eigenvalue weighted by molar-refractivity contribution is 6.31. The van der Waals surface area contributed by atoms with Crippen molar-refractivity contribution in [3.05, 3.63) is 28.3 Å². The van der Waals surface area contributed by atoms with Gasteiger partial charge >= 0.3 is 5.97 Å². The SMILES string of the molecule is COC(=O)c1cc(C)c(Cl)cc1O. The Bertz CT molecular complexity index is 347. The molecule has 1 rings (SSSR count). The highest BCUT2D eigenvalue weighted by Crippen LogP contribution is 2.26. The van der Waals surface area contributed by atoms with Crippen LogP contribution in [-0.2, 0) is 4.74 Å². The van der Waals surface area contributed by atoms with Crippen LogP contribution in [0.3, 0.4) is 0 Å². The molecule has 0 radical (unpaired) electrons. The number of phenols is 1. The van der Waals surface area contributed by atoms with Gasteiger partial charge in [0.25, 0.3) is 0 Å². The second-order valence-electron chi connectivity index (χ2n) is 2.61. The van der Waals surface area contributed by atoms with Gasteiger partial charge in [0.1, 0.15) is 11.3 Å². The van der Waals surface area contributed by atoms with E-state index >= 15 is 0 Å². The van der Waals surface area contributed by atoms with Crippen LogP contribution >= 0.6 is 11.6 Å². The molecule has 3 nitrogen and oxygen atoms in total. The largest absolute Gasteiger partial charge is 0.507 e. The van der Waals surface area contributed by atoms with Crippen LogP contribution < -0.4 is 0 Å². The average molecular weight is 201 g/mol. The van der Waals surface area contributed by atoms with E-state index in [4.69, 9.17) is 11.6 Å². The number of aromatic hydroxyl groups is 1. The minimum atomic E-state index is -0.572. The second kappa shape index (κ2) is 3.66. The molecule has 1 aromatic rings. The Morgan fingerprint density at radius 1 is 1.54 bits per heavy atom. The lowest BCUT2D eigenvalue weighted by atomic mass is 10.1. The minimum absolute atomic E-state index is 0.129. The quantitative estimate of drug-likeness (QED) is 0.707. The van der Waals surface area contributed by atoms with Gasteiger partial charge in [-0.05, 0) is 24.6 Å². The first-order valence-electron chi connectivity index (χ1n) is 3.63. The molecule has 1 N–H and O–H groups in total. The molecule has 4 heteroatoms. The zero-order valence-corrected chi connectivity index (χ0v) is 8.05. The van der Waals surface area contributed by atoms with Crippen LogP contribution in [0.1, 0.15) is 15.9 Å². The highest BCUT2D eigenvalue weighted by atomic mass is 35.5. The molecule has 0 aromatic heterocycles. The van der Waals surface area contributed by atoms with Gasteiger partial charge in [-0.1, -0.05) is 11.6 Å². The van der Waals surface area contributed by atoms with E-state index in [1.54, 1.807) is 6.92 Å². The van der Waals surface area contributed by atoms with E-state index in [1.165, 1.54) is 19.2 Å². The maximum atomic E-state index is 11.1. The second-order valence-corrected chi connectivity index (χ2v) is 3.02. The zero-order chi connectivity index (χ0) is 10.0. The van der Waals surface area contributed by atoms with Crippen molar-refractivity contribution in [1.29, 1.82) is 0 Å². The van der Waals surface area contributed by atoms with E-state index in [0.717, 1.165) is 5.56 Å². The van der Waals surface area contributed by atoms with Gasteiger partial charge in [-0.2, -0.15) is 0 Å². The Balaban J connectivity index is 3.23. The summed E-state index contributed by atoms with van der Waals surface area (Å²) in [6, 6.07) is 2.81. The molecule has 0 fully saturated rings. The Labute approximate surface area is 80.9 Å². The summed E-state index contributed by atoms with van der Waals surface area (Å²) in [5.41, 5.74) is 0.851. The Kier molecular flexibility index (Phi) is 2.78. The number of aryl methyl sites for hydroxylation is 1. The number of hydrogen-bond donors (Lipinski definition) is 1. The molecule has 0 aliphatic carbocycles. The number of phenolic OH excluding ortho intramolecular Hbond substituents is 1. The fraction of sp³-hybridized carbons (Fsp3) is 0.222. The predicted molar refractivity (Wildman–Crippen MR) is 49.2 cm³/mol. The molecule has 0 unspecified atom stereocenters. The normalized spacial score (nSPS) is 9.77. The number of halogens is 1. The molecule has 1 aromatic carbocycles. The topological polar surface area (TPSA) is 46.5 Å². The summed E-state index contributed by atoms with van der Waals surface area (Å²) in [6.07, 6.45) is 0. The number of hydrogen-bond acceptors (Lipinski definition) is 3. The van der Waals surface area contributed by atoms with Crippen molar-refractivity contribution < 1.29 is 14.6 Å². The summed E-state index contributed by atoms with van der Waals surface area (Å²) in [6.45, 7) is 1.74. The minimum Gasteiger partial charge on any atom is -0.507 e. The lowest BCUT2D eigenvalue weighted by molar-refractivity contribution is 0.0597. The molecule has 0 heterocycles. The van der Waals surface area contributed by atoms with Gasteiger partial charge in [-0.25, -0.2) is 4.79 Å². The number of carbonyl (C=O) groups excluding carboxylic acids is 1. The summed E-state index contributed by atoms with van der Waals surface area (Å²) in [5.74, 6) is -0.736. The molecule has 0 spiro atoms. The Hall–Kier alpha value is -1.22. The van der Waals surface area contributed by atoms with Crippen LogP contribution in [0, 0.1) is 6.92 Å². The first-order chi connectivity index (χ1) is 6.06. The van der Waals surface area contributed by atoms with Gasteiger partial charge in [0.2, 0.25) is 0 Å². The van der Waals surface area contributed by atoms with Crippen molar-refractivity contribution >= 4 is 17.6 Å². The van der Waals surface area contributed by atoms with Gasteiger partial charge < -0.3 is 9.84 Å². The van der Waals surface area contributed by atoms with Crippen molar-refractivity contribution in [1.82, 2.24) is 0 Å². The molecule has 0 saturated heterocycles. The summed E-state index contributed by atoms with van der Waals surface area (Å²) in [4.78, 5) is 11.1. The molecule has 0 bridgehead atoms. The molecule has 0 amide bonds. The Morgan fingerprint density at radius 2 is 2.15 bits per heavy atom. The zero-order valence-electron chi connectivity index (χ0n) is 7.30. The van der Waals surface area contributed by atoms with E-state index in [0.29, 0.717) is 5.02 Å². The number of methoxy groups -OCH3 is 1. The van der Waals surface area contributed by atoms with Gasteiger partial charge in [0.05, 0.1) is 7.11 Å². The lowest BCUT2D eigenvalue weighted by Gasteiger charge is -2.04. The van der Waals surface area contributed by atoms with Crippen LogP contribution in [0.15, 0.2) is 12.1 Å². The third-order valence-electron chi connectivity index (χ3n) is 1.68. The van der Waals surface area contributed by atoms with Gasteiger partial charge in [-0.3, -0.25) is 0 Å². The maximum absolute atomic E-state index is 11.1. The highest BCUT2D eigenvalue weighted by Gasteiger charge is 2.12. The summed E-state index contributed by atoms with van der Waals surface area (Å²) >= 11 is 5.72. The Morgan fingerprint density at radius 3 is 2.69 bits per heavy atom.